The molecule has 0 aliphatic heterocycles. The SMILES string of the molecule is [2H]COc1c(Br)cc(C[C@H](N)C(=O)OC)cc1Br. The first-order valence-corrected chi connectivity index (χ1v) is 6.31. The predicted octanol–water partition coefficient (Wildman–Crippen LogP) is 2.26. The molecule has 0 fully saturated rings. The summed E-state index contributed by atoms with van der Waals surface area (Å²) in [6.45, 7) is 0. The van der Waals surface area contributed by atoms with Crippen LogP contribution in [0.3, 0.4) is 0 Å². The Bertz CT molecular complexity index is 419. The van der Waals surface area contributed by atoms with E-state index < -0.39 is 12.0 Å². The third kappa shape index (κ3) is 3.69. The molecule has 0 bridgehead atoms. The van der Waals surface area contributed by atoms with Crippen molar-refractivity contribution >= 4 is 37.8 Å². The number of methoxy groups -OCH3 is 2. The molecule has 0 aliphatic carbocycles. The lowest BCUT2D eigenvalue weighted by Crippen LogP contribution is -2.33. The van der Waals surface area contributed by atoms with Crippen LogP contribution in [0.5, 0.6) is 5.75 Å². The monoisotopic (exact) mass is 366 g/mol. The van der Waals surface area contributed by atoms with Crippen molar-refractivity contribution in [2.45, 2.75) is 12.5 Å². The average Bonchev–Trinajstić information content (AvgIpc) is 2.32. The van der Waals surface area contributed by atoms with Crippen LogP contribution in [0.4, 0.5) is 0 Å². The molecule has 0 unspecified atom stereocenters. The third-order valence-corrected chi connectivity index (χ3v) is 3.34. The molecule has 0 spiro atoms. The van der Waals surface area contributed by atoms with Gasteiger partial charge in [-0.3, -0.25) is 4.79 Å². The summed E-state index contributed by atoms with van der Waals surface area (Å²) in [6.07, 6.45) is 0.366. The minimum atomic E-state index is -0.697. The Hall–Kier alpha value is -0.590. The Balaban J connectivity index is 2.89. The van der Waals surface area contributed by atoms with Crippen molar-refractivity contribution in [3.63, 3.8) is 0 Å². The first-order chi connectivity index (χ1) is 8.49. The number of esters is 1. The Kier molecular flexibility index (Phi) is 4.82. The van der Waals surface area contributed by atoms with Crippen molar-refractivity contribution in [1.82, 2.24) is 0 Å². The number of halogens is 2. The number of carbonyl (C=O) groups excluding carboxylic acids is 1. The summed E-state index contributed by atoms with van der Waals surface area (Å²) in [4.78, 5) is 11.2. The summed E-state index contributed by atoms with van der Waals surface area (Å²) in [6, 6.07) is 2.91. The second kappa shape index (κ2) is 6.37. The predicted molar refractivity (Wildman–Crippen MR) is 72.1 cm³/mol. The van der Waals surface area contributed by atoms with Gasteiger partial charge in [-0.15, -0.1) is 0 Å². The second-order valence-electron chi connectivity index (χ2n) is 3.37. The molecule has 0 aliphatic rings. The van der Waals surface area contributed by atoms with E-state index in [0.717, 1.165) is 5.56 Å². The van der Waals surface area contributed by atoms with E-state index in [1.165, 1.54) is 7.11 Å². The molecule has 0 radical (unpaired) electrons. The van der Waals surface area contributed by atoms with E-state index in [4.69, 9.17) is 11.8 Å². The van der Waals surface area contributed by atoms with Gasteiger partial charge in [0.05, 0.1) is 24.5 Å². The maximum absolute atomic E-state index is 11.2. The lowest BCUT2D eigenvalue weighted by Gasteiger charge is -2.12. The van der Waals surface area contributed by atoms with E-state index in [9.17, 15) is 4.79 Å². The van der Waals surface area contributed by atoms with Crippen LogP contribution < -0.4 is 10.5 Å². The first-order valence-electron chi connectivity index (χ1n) is 5.43. The Labute approximate surface area is 118 Å². The molecular weight excluding hydrogens is 354 g/mol. The van der Waals surface area contributed by atoms with Crippen LogP contribution in [-0.2, 0) is 16.0 Å². The molecule has 1 atom stereocenters. The Morgan fingerprint density at radius 1 is 1.53 bits per heavy atom. The molecule has 6 heteroatoms. The first kappa shape index (κ1) is 12.9. The van der Waals surface area contributed by atoms with Crippen molar-refractivity contribution < 1.29 is 15.6 Å². The van der Waals surface area contributed by atoms with Gasteiger partial charge in [0.25, 0.3) is 0 Å². The molecule has 1 aromatic carbocycles. The standard InChI is InChI=1S/C11H13Br2NO3/c1-16-10-7(12)3-6(4-8(10)13)5-9(14)11(15)17-2/h3-4,9H,5,14H2,1-2H3/t9-/m0/s1/i1D. The normalized spacial score (nSPS) is 12.8. The summed E-state index contributed by atoms with van der Waals surface area (Å²) in [5.41, 5.74) is 6.56. The molecule has 0 aromatic heterocycles. The van der Waals surface area contributed by atoms with Crippen LogP contribution >= 0.6 is 31.9 Å². The lowest BCUT2D eigenvalue weighted by molar-refractivity contribution is -0.142. The number of benzene rings is 1. The van der Waals surface area contributed by atoms with Gasteiger partial charge >= 0.3 is 5.97 Å². The smallest absolute Gasteiger partial charge is 0.322 e. The van der Waals surface area contributed by atoms with E-state index in [1.54, 1.807) is 12.1 Å². The third-order valence-electron chi connectivity index (χ3n) is 2.16. The number of hydrogen-bond donors (Lipinski definition) is 1. The maximum Gasteiger partial charge on any atom is 0.322 e. The van der Waals surface area contributed by atoms with Gasteiger partial charge in [-0.05, 0) is 56.0 Å². The van der Waals surface area contributed by atoms with E-state index in [1.807, 2.05) is 0 Å². The highest BCUT2D eigenvalue weighted by molar-refractivity contribution is 9.11. The summed E-state index contributed by atoms with van der Waals surface area (Å²) < 4.78 is 18.2. The fraction of sp³-hybridized carbons (Fsp3) is 0.364. The van der Waals surface area contributed by atoms with E-state index in [2.05, 4.69) is 36.6 Å². The van der Waals surface area contributed by atoms with E-state index in [-0.39, 0.29) is 7.09 Å². The van der Waals surface area contributed by atoms with Gasteiger partial charge in [0.2, 0.25) is 0 Å². The van der Waals surface area contributed by atoms with Crippen molar-refractivity contribution in [2.75, 3.05) is 14.2 Å². The highest BCUT2D eigenvalue weighted by Gasteiger charge is 2.16. The van der Waals surface area contributed by atoms with Crippen LogP contribution in [0.1, 0.15) is 6.93 Å². The fourth-order valence-electron chi connectivity index (χ4n) is 1.36. The quantitative estimate of drug-likeness (QED) is 0.829. The van der Waals surface area contributed by atoms with Crippen LogP contribution in [0, 0.1) is 0 Å². The molecular formula is C11H13Br2NO3. The number of nitrogens with two attached hydrogens (primary N) is 1. The minimum Gasteiger partial charge on any atom is -0.494 e. The molecule has 1 aromatic rings. The number of rotatable bonds is 4. The molecule has 17 heavy (non-hydrogen) atoms. The topological polar surface area (TPSA) is 61.5 Å². The van der Waals surface area contributed by atoms with Crippen molar-refractivity contribution in [1.29, 1.82) is 0 Å². The van der Waals surface area contributed by atoms with Gasteiger partial charge in [0.1, 0.15) is 11.8 Å². The summed E-state index contributed by atoms with van der Waals surface area (Å²) in [5.74, 6) is 0.106. The van der Waals surface area contributed by atoms with Crippen LogP contribution in [-0.4, -0.2) is 26.2 Å². The van der Waals surface area contributed by atoms with Gasteiger partial charge in [-0.25, -0.2) is 0 Å². The highest BCUT2D eigenvalue weighted by atomic mass is 79.9. The van der Waals surface area contributed by atoms with Gasteiger partial charge < -0.3 is 15.2 Å². The molecule has 1 rings (SSSR count). The molecule has 2 N–H and O–H groups in total. The zero-order chi connectivity index (χ0) is 13.7. The van der Waals surface area contributed by atoms with E-state index in [0.29, 0.717) is 21.1 Å². The Morgan fingerprint density at radius 3 is 2.59 bits per heavy atom. The maximum atomic E-state index is 11.2. The summed E-state index contributed by atoms with van der Waals surface area (Å²) in [7, 11) is 1.14. The molecule has 0 amide bonds. The molecule has 4 nitrogen and oxygen atoms in total. The van der Waals surface area contributed by atoms with E-state index >= 15 is 0 Å². The zero-order valence-corrected chi connectivity index (χ0v) is 12.4. The fourth-order valence-corrected chi connectivity index (χ4v) is 2.87. The second-order valence-corrected chi connectivity index (χ2v) is 5.08. The highest BCUT2D eigenvalue weighted by Crippen LogP contribution is 2.34. The van der Waals surface area contributed by atoms with Crippen LogP contribution in [0.15, 0.2) is 21.1 Å². The van der Waals surface area contributed by atoms with Crippen LogP contribution in [0.25, 0.3) is 0 Å². The minimum absolute atomic E-state index is 0.168. The summed E-state index contributed by atoms with van der Waals surface area (Å²) in [5, 5.41) is 0. The molecule has 0 saturated carbocycles. The molecule has 0 saturated heterocycles. The molecule has 94 valence electrons. The lowest BCUT2D eigenvalue weighted by atomic mass is 10.1. The zero-order valence-electron chi connectivity index (χ0n) is 10.2. The van der Waals surface area contributed by atoms with Gasteiger partial charge in [0, 0.05) is 0 Å². The van der Waals surface area contributed by atoms with Crippen LogP contribution in [0.2, 0.25) is 0 Å². The Morgan fingerprint density at radius 2 is 2.12 bits per heavy atom. The largest absolute Gasteiger partial charge is 0.494 e. The number of carbonyl (C=O) groups is 1. The van der Waals surface area contributed by atoms with Gasteiger partial charge in [-0.2, -0.15) is 0 Å². The van der Waals surface area contributed by atoms with Crippen molar-refractivity contribution in [3.05, 3.63) is 26.6 Å². The average molecular weight is 368 g/mol. The number of hydrogen-bond acceptors (Lipinski definition) is 4. The summed E-state index contributed by atoms with van der Waals surface area (Å²) >= 11 is 6.70. The van der Waals surface area contributed by atoms with Crippen molar-refractivity contribution in [2.24, 2.45) is 5.73 Å². The van der Waals surface area contributed by atoms with Gasteiger partial charge in [0.15, 0.2) is 0 Å². The molecule has 0 heterocycles. The number of ether oxygens (including phenoxy) is 2. The van der Waals surface area contributed by atoms with Gasteiger partial charge in [-0.1, -0.05) is 0 Å². The van der Waals surface area contributed by atoms with Crippen molar-refractivity contribution in [3.8, 4) is 5.75 Å².